The number of allylic oxidation sites excluding steroid dienone is 4. The summed E-state index contributed by atoms with van der Waals surface area (Å²) in [6, 6.07) is 11.5. The molecule has 0 fully saturated rings. The monoisotopic (exact) mass is 639 g/mol. The normalized spacial score (nSPS) is 20.2. The van der Waals surface area contributed by atoms with Gasteiger partial charge in [0.2, 0.25) is 0 Å². The second-order valence-electron chi connectivity index (χ2n) is 12.9. The zero-order chi connectivity index (χ0) is 29.7. The van der Waals surface area contributed by atoms with Gasteiger partial charge in [-0.2, -0.15) is 0 Å². The average molecular weight is 641 g/mol. The van der Waals surface area contributed by atoms with Gasteiger partial charge in [-0.25, -0.2) is 0 Å². The number of ether oxygens (including phenoxy) is 2. The van der Waals surface area contributed by atoms with Crippen LogP contribution in [0.4, 0.5) is 0 Å². The SMILES string of the molecule is CCOc1cc(C2C3=C(CC(C)(C)CC3=O)N(CC)C3=C2C(=O)CC(C)(C)C3)cc(Br)c1OCc1ccccc1Cl. The highest BCUT2D eigenvalue weighted by atomic mass is 79.9. The minimum Gasteiger partial charge on any atom is -0.490 e. The van der Waals surface area contributed by atoms with Gasteiger partial charge in [0.05, 0.1) is 11.1 Å². The summed E-state index contributed by atoms with van der Waals surface area (Å²) in [5.41, 5.74) is 5.10. The van der Waals surface area contributed by atoms with E-state index >= 15 is 0 Å². The molecule has 2 aromatic carbocycles. The summed E-state index contributed by atoms with van der Waals surface area (Å²) in [5, 5.41) is 0.636. The Morgan fingerprint density at radius 1 is 0.902 bits per heavy atom. The number of benzene rings is 2. The van der Waals surface area contributed by atoms with Crippen LogP contribution in [0.15, 0.2) is 63.4 Å². The van der Waals surface area contributed by atoms with Crippen molar-refractivity contribution in [2.45, 2.75) is 79.8 Å². The lowest BCUT2D eigenvalue weighted by Crippen LogP contribution is -2.44. The molecule has 1 heterocycles. The summed E-state index contributed by atoms with van der Waals surface area (Å²) in [6.07, 6.45) is 2.51. The molecule has 7 heteroatoms. The molecular weight excluding hydrogens is 602 g/mol. The van der Waals surface area contributed by atoms with E-state index in [1.807, 2.05) is 43.3 Å². The van der Waals surface area contributed by atoms with Crippen LogP contribution in [0.1, 0.15) is 84.3 Å². The molecule has 2 aromatic rings. The van der Waals surface area contributed by atoms with Gasteiger partial charge in [-0.3, -0.25) is 9.59 Å². The van der Waals surface area contributed by atoms with Gasteiger partial charge in [-0.1, -0.05) is 57.5 Å². The Kier molecular flexibility index (Phi) is 8.21. The average Bonchev–Trinajstić information content (AvgIpc) is 2.86. The maximum Gasteiger partial charge on any atom is 0.175 e. The fourth-order valence-corrected chi connectivity index (χ4v) is 7.45. The van der Waals surface area contributed by atoms with Gasteiger partial charge in [0.15, 0.2) is 23.1 Å². The molecule has 0 spiro atoms. The topological polar surface area (TPSA) is 55.8 Å². The molecule has 0 bridgehead atoms. The van der Waals surface area contributed by atoms with E-state index in [9.17, 15) is 9.59 Å². The van der Waals surface area contributed by atoms with Gasteiger partial charge < -0.3 is 14.4 Å². The van der Waals surface area contributed by atoms with Crippen LogP contribution in [-0.2, 0) is 16.2 Å². The maximum absolute atomic E-state index is 14.0. The zero-order valence-electron chi connectivity index (χ0n) is 24.8. The fraction of sp³-hybridized carbons (Fsp3) is 0.471. The summed E-state index contributed by atoms with van der Waals surface area (Å²) in [7, 11) is 0. The number of hydrogen-bond acceptors (Lipinski definition) is 5. The van der Waals surface area contributed by atoms with E-state index in [0.29, 0.717) is 40.4 Å². The molecule has 0 unspecified atom stereocenters. The quantitative estimate of drug-likeness (QED) is 0.303. The number of rotatable bonds is 7. The first-order chi connectivity index (χ1) is 19.4. The number of carbonyl (C=O) groups excluding carboxylic acids is 2. The molecular formula is C34H39BrClNO4. The molecule has 0 aromatic heterocycles. The molecule has 0 radical (unpaired) electrons. The first-order valence-electron chi connectivity index (χ1n) is 14.5. The second-order valence-corrected chi connectivity index (χ2v) is 14.2. The summed E-state index contributed by atoms with van der Waals surface area (Å²) in [6.45, 7) is 14.1. The van der Waals surface area contributed by atoms with Crippen LogP contribution in [0.25, 0.3) is 0 Å². The highest BCUT2D eigenvalue weighted by Gasteiger charge is 2.48. The molecule has 1 aliphatic heterocycles. The second kappa shape index (κ2) is 11.3. The number of halogens is 2. The highest BCUT2D eigenvalue weighted by molar-refractivity contribution is 9.10. The number of carbonyl (C=O) groups is 2. The number of Topliss-reactive ketones (excluding diaryl/α,β-unsaturated/α-hetero) is 2. The van der Waals surface area contributed by atoms with Gasteiger partial charge in [0.25, 0.3) is 0 Å². The first-order valence-corrected chi connectivity index (χ1v) is 15.7. The van der Waals surface area contributed by atoms with Gasteiger partial charge in [0.1, 0.15) is 6.61 Å². The van der Waals surface area contributed by atoms with Crippen LogP contribution in [0.2, 0.25) is 5.02 Å². The van der Waals surface area contributed by atoms with Crippen molar-refractivity contribution in [2.24, 2.45) is 10.8 Å². The number of nitrogens with zero attached hydrogens (tertiary/aromatic N) is 1. The Bertz CT molecular complexity index is 1420. The smallest absolute Gasteiger partial charge is 0.175 e. The van der Waals surface area contributed by atoms with Crippen molar-refractivity contribution in [3.63, 3.8) is 0 Å². The van der Waals surface area contributed by atoms with E-state index in [1.165, 1.54) is 0 Å². The third-order valence-corrected chi connectivity index (χ3v) is 9.29. The Hall–Kier alpha value is -2.57. The molecule has 5 nitrogen and oxygen atoms in total. The zero-order valence-corrected chi connectivity index (χ0v) is 27.2. The van der Waals surface area contributed by atoms with E-state index in [2.05, 4.69) is 55.4 Å². The molecule has 0 N–H and O–H groups in total. The van der Waals surface area contributed by atoms with Crippen LogP contribution < -0.4 is 9.47 Å². The lowest BCUT2D eigenvalue weighted by Gasteiger charge is -2.49. The molecule has 218 valence electrons. The van der Waals surface area contributed by atoms with Crippen molar-refractivity contribution in [1.29, 1.82) is 0 Å². The van der Waals surface area contributed by atoms with E-state index in [1.54, 1.807) is 0 Å². The third-order valence-electron chi connectivity index (χ3n) is 8.33. The Balaban J connectivity index is 1.67. The van der Waals surface area contributed by atoms with Gasteiger partial charge in [0, 0.05) is 58.4 Å². The van der Waals surface area contributed by atoms with E-state index in [4.69, 9.17) is 21.1 Å². The van der Waals surface area contributed by atoms with E-state index < -0.39 is 5.92 Å². The Morgan fingerprint density at radius 3 is 2.02 bits per heavy atom. The minimum atomic E-state index is -0.442. The largest absolute Gasteiger partial charge is 0.490 e. The van der Waals surface area contributed by atoms with Crippen LogP contribution in [-0.4, -0.2) is 29.6 Å². The molecule has 41 heavy (non-hydrogen) atoms. The standard InChI is InChI=1S/C34H39BrClNO4/c1-7-37-24-15-33(3,4)17-26(38)30(24)29(31-25(37)16-34(5,6)18-27(31)39)21-13-22(35)32(28(14-21)40-8-2)41-19-20-11-9-10-12-23(20)36/h9-14,29H,7-8,15-19H2,1-6H3. The van der Waals surface area contributed by atoms with Gasteiger partial charge >= 0.3 is 0 Å². The summed E-state index contributed by atoms with van der Waals surface area (Å²) in [5.74, 6) is 0.938. The third kappa shape index (κ3) is 5.75. The van der Waals surface area contributed by atoms with E-state index in [-0.39, 0.29) is 29.0 Å². The van der Waals surface area contributed by atoms with Crippen molar-refractivity contribution in [3.8, 4) is 11.5 Å². The fourth-order valence-electron chi connectivity index (χ4n) is 6.69. The Labute approximate surface area is 257 Å². The number of ketones is 2. The van der Waals surface area contributed by atoms with Gasteiger partial charge in [-0.05, 0) is 77.2 Å². The van der Waals surface area contributed by atoms with E-state index in [0.717, 1.165) is 53.1 Å². The predicted molar refractivity (Wildman–Crippen MR) is 166 cm³/mol. The molecule has 0 atom stereocenters. The van der Waals surface area contributed by atoms with Crippen LogP contribution in [0, 0.1) is 10.8 Å². The Morgan fingerprint density at radius 2 is 1.49 bits per heavy atom. The minimum absolute atomic E-state index is 0.122. The molecule has 0 saturated carbocycles. The lowest BCUT2D eigenvalue weighted by atomic mass is 9.63. The summed E-state index contributed by atoms with van der Waals surface area (Å²) < 4.78 is 13.1. The van der Waals surface area contributed by atoms with Gasteiger partial charge in [-0.15, -0.1) is 0 Å². The molecule has 2 aliphatic carbocycles. The molecule has 3 aliphatic rings. The van der Waals surface area contributed by atoms with Crippen LogP contribution >= 0.6 is 27.5 Å². The van der Waals surface area contributed by atoms with Crippen molar-refractivity contribution in [3.05, 3.63) is 79.6 Å². The molecule has 0 amide bonds. The van der Waals surface area contributed by atoms with Crippen molar-refractivity contribution >= 4 is 39.1 Å². The molecule has 5 rings (SSSR count). The highest BCUT2D eigenvalue weighted by Crippen LogP contribution is 2.55. The lowest BCUT2D eigenvalue weighted by molar-refractivity contribution is -0.119. The predicted octanol–water partition coefficient (Wildman–Crippen LogP) is 8.79. The van der Waals surface area contributed by atoms with Crippen LogP contribution in [0.5, 0.6) is 11.5 Å². The van der Waals surface area contributed by atoms with Crippen molar-refractivity contribution < 1.29 is 19.1 Å². The molecule has 0 saturated heterocycles. The first kappa shape index (κ1) is 29.9. The van der Waals surface area contributed by atoms with Crippen molar-refractivity contribution in [1.82, 2.24) is 4.90 Å². The van der Waals surface area contributed by atoms with Crippen molar-refractivity contribution in [2.75, 3.05) is 13.2 Å². The summed E-state index contributed by atoms with van der Waals surface area (Å²) >= 11 is 10.1. The van der Waals surface area contributed by atoms with Crippen LogP contribution in [0.3, 0.4) is 0 Å². The number of hydrogen-bond donors (Lipinski definition) is 0. The summed E-state index contributed by atoms with van der Waals surface area (Å²) in [4.78, 5) is 30.2. The maximum atomic E-state index is 14.0.